The lowest BCUT2D eigenvalue weighted by Gasteiger charge is -2.34. The van der Waals surface area contributed by atoms with E-state index in [1.165, 1.54) is 12.0 Å². The van der Waals surface area contributed by atoms with Gasteiger partial charge in [-0.1, -0.05) is 81.0 Å². The highest BCUT2D eigenvalue weighted by atomic mass is 16.6. The number of ether oxygens (including phenoxy) is 2. The van der Waals surface area contributed by atoms with Crippen molar-refractivity contribution in [3.8, 4) is 0 Å². The molecule has 2 atom stereocenters. The van der Waals surface area contributed by atoms with Gasteiger partial charge in [0.15, 0.2) is 0 Å². The quantitative estimate of drug-likeness (QED) is 0.251. The largest absolute Gasteiger partial charge is 0.468 e. The first-order chi connectivity index (χ1) is 19.5. The molecule has 0 heterocycles. The first-order valence-electron chi connectivity index (χ1n) is 13.9. The summed E-state index contributed by atoms with van der Waals surface area (Å²) in [6.45, 7) is 11.0. The molecule has 0 aliphatic heterocycles. The highest BCUT2D eigenvalue weighted by Crippen LogP contribution is 2.25. The van der Waals surface area contributed by atoms with Crippen LogP contribution in [-0.4, -0.2) is 60.6 Å². The number of esters is 1. The molecule has 2 rings (SSSR count). The topological polar surface area (TPSA) is 114 Å². The maximum absolute atomic E-state index is 14.4. The number of carbonyl (C=O) groups excluding carboxylic acids is 4. The van der Waals surface area contributed by atoms with E-state index in [4.69, 9.17) is 4.74 Å². The number of unbranched alkanes of at least 4 members (excludes halogenated alkanes) is 2. The van der Waals surface area contributed by atoms with Gasteiger partial charge in [-0.15, -0.1) is 0 Å². The summed E-state index contributed by atoms with van der Waals surface area (Å²) in [4.78, 5) is 54.3. The van der Waals surface area contributed by atoms with Gasteiger partial charge in [-0.05, 0) is 49.9 Å². The van der Waals surface area contributed by atoms with Crippen LogP contribution in [0, 0.1) is 0 Å². The van der Waals surface area contributed by atoms with E-state index in [0.717, 1.165) is 24.0 Å². The van der Waals surface area contributed by atoms with Gasteiger partial charge < -0.3 is 25.0 Å². The van der Waals surface area contributed by atoms with Crippen LogP contribution in [0.15, 0.2) is 61.2 Å². The molecule has 0 saturated carbocycles. The van der Waals surface area contributed by atoms with Crippen molar-refractivity contribution in [2.24, 2.45) is 0 Å². The molecule has 0 fully saturated rings. The van der Waals surface area contributed by atoms with Crippen molar-refractivity contribution < 1.29 is 28.7 Å². The SMILES string of the molecule is C=Cc1cccc(C(C(=O)NCC(=O)OC)N(CCCCC)C(=O)C(Cc2ccccc2)NC(=O)OC(C)(C)C)c1. The van der Waals surface area contributed by atoms with Crippen molar-refractivity contribution in [3.63, 3.8) is 0 Å². The molecule has 0 saturated heterocycles. The van der Waals surface area contributed by atoms with Crippen LogP contribution in [0.25, 0.3) is 6.08 Å². The number of alkyl carbamates (subject to hydrolysis) is 1. The van der Waals surface area contributed by atoms with Crippen LogP contribution < -0.4 is 10.6 Å². The summed E-state index contributed by atoms with van der Waals surface area (Å²) in [5, 5.41) is 5.36. The van der Waals surface area contributed by atoms with Gasteiger partial charge in [-0.3, -0.25) is 14.4 Å². The molecule has 9 heteroatoms. The summed E-state index contributed by atoms with van der Waals surface area (Å²) in [7, 11) is 1.23. The number of benzene rings is 2. The van der Waals surface area contributed by atoms with E-state index >= 15 is 0 Å². The van der Waals surface area contributed by atoms with Crippen molar-refractivity contribution >= 4 is 30.0 Å². The molecular weight excluding hydrogens is 522 g/mol. The zero-order valence-electron chi connectivity index (χ0n) is 24.8. The third kappa shape index (κ3) is 11.1. The Morgan fingerprint density at radius 2 is 1.73 bits per heavy atom. The van der Waals surface area contributed by atoms with Crippen molar-refractivity contribution in [2.45, 2.75) is 71.1 Å². The fourth-order valence-electron chi connectivity index (χ4n) is 4.26. The zero-order valence-corrected chi connectivity index (χ0v) is 24.8. The van der Waals surface area contributed by atoms with Crippen molar-refractivity contribution in [3.05, 3.63) is 77.9 Å². The average molecular weight is 566 g/mol. The Morgan fingerprint density at radius 1 is 1.02 bits per heavy atom. The van der Waals surface area contributed by atoms with Gasteiger partial charge in [0, 0.05) is 13.0 Å². The molecule has 2 unspecified atom stereocenters. The summed E-state index contributed by atoms with van der Waals surface area (Å²) in [6, 6.07) is 14.4. The Labute approximate surface area is 243 Å². The fourth-order valence-corrected chi connectivity index (χ4v) is 4.26. The predicted molar refractivity (Wildman–Crippen MR) is 159 cm³/mol. The second-order valence-electron chi connectivity index (χ2n) is 10.7. The van der Waals surface area contributed by atoms with Crippen LogP contribution in [0.2, 0.25) is 0 Å². The van der Waals surface area contributed by atoms with Gasteiger partial charge in [-0.2, -0.15) is 0 Å². The normalized spacial score (nSPS) is 12.4. The third-order valence-electron chi connectivity index (χ3n) is 6.21. The van der Waals surface area contributed by atoms with Crippen LogP contribution in [0.1, 0.15) is 69.7 Å². The lowest BCUT2D eigenvalue weighted by atomic mass is 9.98. The third-order valence-corrected chi connectivity index (χ3v) is 6.21. The van der Waals surface area contributed by atoms with E-state index < -0.39 is 41.6 Å². The molecular formula is C32H43N3O6. The monoisotopic (exact) mass is 565 g/mol. The Balaban J connectivity index is 2.57. The van der Waals surface area contributed by atoms with E-state index in [1.54, 1.807) is 45.0 Å². The minimum Gasteiger partial charge on any atom is -0.468 e. The minimum absolute atomic E-state index is 0.187. The maximum Gasteiger partial charge on any atom is 0.408 e. The fraction of sp³-hybridized carbons (Fsp3) is 0.438. The van der Waals surface area contributed by atoms with E-state index in [2.05, 4.69) is 21.9 Å². The van der Waals surface area contributed by atoms with Crippen LogP contribution in [0.5, 0.6) is 0 Å². The molecule has 0 aliphatic carbocycles. The first kappa shape index (κ1) is 33.1. The van der Waals surface area contributed by atoms with E-state index in [1.807, 2.05) is 43.3 Å². The van der Waals surface area contributed by atoms with Gasteiger partial charge in [0.2, 0.25) is 11.8 Å². The predicted octanol–water partition coefficient (Wildman–Crippen LogP) is 4.81. The summed E-state index contributed by atoms with van der Waals surface area (Å²) in [6.07, 6.45) is 3.46. The van der Waals surface area contributed by atoms with Crippen LogP contribution in [0.3, 0.4) is 0 Å². The van der Waals surface area contributed by atoms with Crippen LogP contribution in [0.4, 0.5) is 4.79 Å². The molecule has 0 aromatic heterocycles. The van der Waals surface area contributed by atoms with Crippen LogP contribution >= 0.6 is 0 Å². The summed E-state index contributed by atoms with van der Waals surface area (Å²) in [5.74, 6) is -1.61. The van der Waals surface area contributed by atoms with Gasteiger partial charge in [0.1, 0.15) is 24.2 Å². The first-order valence-corrected chi connectivity index (χ1v) is 13.9. The molecule has 0 bridgehead atoms. The second kappa shape index (κ2) is 16.2. The number of amides is 3. The molecule has 2 N–H and O–H groups in total. The molecule has 0 spiro atoms. The smallest absolute Gasteiger partial charge is 0.408 e. The second-order valence-corrected chi connectivity index (χ2v) is 10.7. The molecule has 222 valence electrons. The molecule has 41 heavy (non-hydrogen) atoms. The highest BCUT2D eigenvalue weighted by molar-refractivity contribution is 5.93. The standard InChI is InChI=1S/C32H43N3O6/c1-7-9-13-19-35(28(29(37)33-22-27(36)40-6)25-18-14-17-23(8-2)20-25)30(38)26(21-24-15-11-10-12-16-24)34-31(39)41-32(3,4)5/h8,10-12,14-18,20,26,28H,2,7,9,13,19,21-22H2,1,3-6H3,(H,33,37)(H,34,39). The number of hydrogen-bond donors (Lipinski definition) is 2. The molecule has 2 aromatic rings. The van der Waals surface area contributed by atoms with Crippen LogP contribution in [-0.2, 0) is 30.3 Å². The lowest BCUT2D eigenvalue weighted by molar-refractivity contribution is -0.144. The number of carbonyl (C=O) groups is 4. The molecule has 3 amide bonds. The molecule has 0 aliphatic rings. The van der Waals surface area contributed by atoms with Crippen molar-refractivity contribution in [1.82, 2.24) is 15.5 Å². The van der Waals surface area contributed by atoms with Gasteiger partial charge in [0.25, 0.3) is 0 Å². The Hall–Kier alpha value is -4.14. The molecule has 2 aromatic carbocycles. The number of hydrogen-bond acceptors (Lipinski definition) is 6. The van der Waals surface area contributed by atoms with Crippen molar-refractivity contribution in [2.75, 3.05) is 20.2 Å². The zero-order chi connectivity index (χ0) is 30.4. The Kier molecular flexibility index (Phi) is 13.1. The number of nitrogens with zero attached hydrogens (tertiary/aromatic N) is 1. The number of rotatable bonds is 14. The van der Waals surface area contributed by atoms with E-state index in [0.29, 0.717) is 12.0 Å². The molecule has 9 nitrogen and oxygen atoms in total. The number of nitrogens with one attached hydrogen (secondary N) is 2. The summed E-state index contributed by atoms with van der Waals surface area (Å²) < 4.78 is 10.2. The average Bonchev–Trinajstić information content (AvgIpc) is 2.94. The van der Waals surface area contributed by atoms with Gasteiger partial charge in [-0.25, -0.2) is 4.79 Å². The summed E-state index contributed by atoms with van der Waals surface area (Å²) in [5.41, 5.74) is 1.37. The van der Waals surface area contributed by atoms with E-state index in [-0.39, 0.29) is 19.5 Å². The highest BCUT2D eigenvalue weighted by Gasteiger charge is 2.36. The summed E-state index contributed by atoms with van der Waals surface area (Å²) >= 11 is 0. The lowest BCUT2D eigenvalue weighted by Crippen LogP contribution is -2.54. The number of methoxy groups -OCH3 is 1. The van der Waals surface area contributed by atoms with Gasteiger partial charge in [0.05, 0.1) is 7.11 Å². The minimum atomic E-state index is -1.08. The Bertz CT molecular complexity index is 1180. The Morgan fingerprint density at radius 3 is 2.34 bits per heavy atom. The molecule has 0 radical (unpaired) electrons. The van der Waals surface area contributed by atoms with Crippen molar-refractivity contribution in [1.29, 1.82) is 0 Å². The van der Waals surface area contributed by atoms with E-state index in [9.17, 15) is 19.2 Å². The van der Waals surface area contributed by atoms with Gasteiger partial charge >= 0.3 is 12.1 Å². The maximum atomic E-state index is 14.4.